The number of aryl methyl sites for hydroxylation is 2. The van der Waals surface area contributed by atoms with E-state index >= 15 is 0 Å². The smallest absolute Gasteiger partial charge is 0.269 e. The zero-order valence-corrected chi connectivity index (χ0v) is 13.6. The van der Waals surface area contributed by atoms with Gasteiger partial charge in [-0.2, -0.15) is 0 Å². The number of hydrogen-bond donors (Lipinski definition) is 1. The van der Waals surface area contributed by atoms with Gasteiger partial charge < -0.3 is 9.26 Å². The van der Waals surface area contributed by atoms with E-state index < -0.39 is 15.9 Å². The van der Waals surface area contributed by atoms with Gasteiger partial charge in [-0.25, -0.2) is 13.1 Å². The predicted octanol–water partition coefficient (Wildman–Crippen LogP) is 2.07. The van der Waals surface area contributed by atoms with Crippen molar-refractivity contribution in [3.05, 3.63) is 40.2 Å². The molecule has 0 unspecified atom stereocenters. The van der Waals surface area contributed by atoms with Crippen LogP contribution in [0.15, 0.2) is 27.6 Å². The second-order valence-electron chi connectivity index (χ2n) is 4.43. The van der Waals surface area contributed by atoms with Crippen molar-refractivity contribution in [3.63, 3.8) is 0 Å². The van der Waals surface area contributed by atoms with Crippen molar-refractivity contribution in [2.45, 2.75) is 18.7 Å². The predicted molar refractivity (Wildman–Crippen MR) is 78.6 cm³/mol. The van der Waals surface area contributed by atoms with E-state index in [1.807, 2.05) is 4.72 Å². The maximum atomic E-state index is 12.3. The van der Waals surface area contributed by atoms with E-state index in [-0.39, 0.29) is 32.7 Å². The zero-order chi connectivity index (χ0) is 16.5. The maximum Gasteiger partial charge on any atom is 0.269 e. The van der Waals surface area contributed by atoms with Crippen LogP contribution in [0.4, 0.5) is 0 Å². The summed E-state index contributed by atoms with van der Waals surface area (Å²) in [5, 5.41) is 3.84. The average Bonchev–Trinajstić information content (AvgIpc) is 2.78. The molecule has 7 nitrogen and oxygen atoms in total. The first-order valence-corrected chi connectivity index (χ1v) is 7.96. The van der Waals surface area contributed by atoms with Crippen LogP contribution < -0.4 is 9.46 Å². The summed E-state index contributed by atoms with van der Waals surface area (Å²) >= 11 is 5.83. The molecule has 0 saturated carbocycles. The van der Waals surface area contributed by atoms with Gasteiger partial charge in [0.1, 0.15) is 11.4 Å². The number of sulfonamides is 1. The Bertz CT molecular complexity index is 809. The Hall–Kier alpha value is -2.06. The lowest BCUT2D eigenvalue weighted by atomic mass is 10.2. The van der Waals surface area contributed by atoms with Gasteiger partial charge in [-0.3, -0.25) is 4.79 Å². The van der Waals surface area contributed by atoms with Crippen molar-refractivity contribution in [1.82, 2.24) is 9.88 Å². The second kappa shape index (κ2) is 5.98. The molecule has 0 saturated heterocycles. The highest BCUT2D eigenvalue weighted by atomic mass is 35.5. The minimum absolute atomic E-state index is 0.00494. The molecule has 2 aromatic rings. The molecule has 0 bridgehead atoms. The number of hydrogen-bond acceptors (Lipinski definition) is 6. The third-order valence-electron chi connectivity index (χ3n) is 2.87. The lowest BCUT2D eigenvalue weighted by Crippen LogP contribution is -2.31. The van der Waals surface area contributed by atoms with Crippen LogP contribution in [0.1, 0.15) is 21.8 Å². The maximum absolute atomic E-state index is 12.3. The Morgan fingerprint density at radius 1 is 1.36 bits per heavy atom. The molecule has 0 atom stereocenters. The number of carbonyl (C=O) groups is 1. The van der Waals surface area contributed by atoms with Crippen molar-refractivity contribution >= 4 is 27.5 Å². The number of aromatic nitrogens is 1. The van der Waals surface area contributed by atoms with E-state index in [4.69, 9.17) is 20.9 Å². The standard InChI is InChI=1S/C13H13ClN2O5S/c1-7-12(8(2)21-15-7)22(18,19)16-13(17)10-6-9(14)4-5-11(10)20-3/h4-6H,1-3H3,(H,16,17). The number of rotatable bonds is 4. The highest BCUT2D eigenvalue weighted by Gasteiger charge is 2.27. The molecule has 22 heavy (non-hydrogen) atoms. The number of amides is 1. The molecule has 0 fully saturated rings. The highest BCUT2D eigenvalue weighted by molar-refractivity contribution is 7.90. The summed E-state index contributed by atoms with van der Waals surface area (Å²) in [6.07, 6.45) is 0. The third kappa shape index (κ3) is 3.07. The average molecular weight is 345 g/mol. The number of nitrogens with zero attached hydrogens (tertiary/aromatic N) is 1. The normalized spacial score (nSPS) is 11.3. The summed E-state index contributed by atoms with van der Waals surface area (Å²) in [5.74, 6) is -0.564. The zero-order valence-electron chi connectivity index (χ0n) is 12.0. The topological polar surface area (TPSA) is 98.5 Å². The summed E-state index contributed by atoms with van der Waals surface area (Å²) < 4.78 is 36.4. The molecular formula is C13H13ClN2O5S. The van der Waals surface area contributed by atoms with Crippen LogP contribution >= 0.6 is 11.6 Å². The van der Waals surface area contributed by atoms with Crippen molar-refractivity contribution in [3.8, 4) is 5.75 Å². The third-order valence-corrected chi connectivity index (χ3v) is 4.68. The molecule has 118 valence electrons. The van der Waals surface area contributed by atoms with Gasteiger partial charge in [-0.1, -0.05) is 16.8 Å². The van der Waals surface area contributed by atoms with Gasteiger partial charge >= 0.3 is 0 Å². The van der Waals surface area contributed by atoms with Crippen LogP contribution in [0.2, 0.25) is 5.02 Å². The van der Waals surface area contributed by atoms with Gasteiger partial charge in [-0.15, -0.1) is 0 Å². The summed E-state index contributed by atoms with van der Waals surface area (Å²) in [6, 6.07) is 4.32. The van der Waals surface area contributed by atoms with Gasteiger partial charge in [0.15, 0.2) is 10.7 Å². The van der Waals surface area contributed by atoms with Gasteiger partial charge in [-0.05, 0) is 32.0 Å². The van der Waals surface area contributed by atoms with Crippen molar-refractivity contribution in [1.29, 1.82) is 0 Å². The van der Waals surface area contributed by atoms with Crippen molar-refractivity contribution < 1.29 is 22.5 Å². The van der Waals surface area contributed by atoms with Gasteiger partial charge in [0.2, 0.25) is 0 Å². The van der Waals surface area contributed by atoms with Gasteiger partial charge in [0, 0.05) is 5.02 Å². The minimum Gasteiger partial charge on any atom is -0.496 e. The highest BCUT2D eigenvalue weighted by Crippen LogP contribution is 2.24. The first-order valence-electron chi connectivity index (χ1n) is 6.10. The molecule has 2 rings (SSSR count). The molecule has 1 amide bonds. The summed E-state index contributed by atoms with van der Waals surface area (Å²) in [7, 11) is -2.75. The number of methoxy groups -OCH3 is 1. The monoisotopic (exact) mass is 344 g/mol. The molecule has 0 radical (unpaired) electrons. The Morgan fingerprint density at radius 2 is 2.05 bits per heavy atom. The summed E-state index contributed by atoms with van der Waals surface area (Å²) in [5.41, 5.74) is 0.168. The summed E-state index contributed by atoms with van der Waals surface area (Å²) in [4.78, 5) is 12.1. The number of benzene rings is 1. The molecule has 1 heterocycles. The molecular weight excluding hydrogens is 332 g/mol. The van der Waals surface area contributed by atoms with E-state index in [2.05, 4.69) is 5.16 Å². The quantitative estimate of drug-likeness (QED) is 0.911. The largest absolute Gasteiger partial charge is 0.496 e. The fourth-order valence-corrected chi connectivity index (χ4v) is 3.41. The van der Waals surface area contributed by atoms with Crippen LogP contribution in [0.3, 0.4) is 0 Å². The minimum atomic E-state index is -4.12. The Morgan fingerprint density at radius 3 is 2.59 bits per heavy atom. The number of halogens is 1. The van der Waals surface area contributed by atoms with Crippen LogP contribution in [0.5, 0.6) is 5.75 Å². The molecule has 1 N–H and O–H groups in total. The molecule has 0 aliphatic heterocycles. The van der Waals surface area contributed by atoms with Crippen LogP contribution in [0.25, 0.3) is 0 Å². The van der Waals surface area contributed by atoms with Crippen LogP contribution in [-0.4, -0.2) is 26.6 Å². The van der Waals surface area contributed by atoms with E-state index in [9.17, 15) is 13.2 Å². The van der Waals surface area contributed by atoms with E-state index in [0.717, 1.165) is 0 Å². The molecule has 0 aliphatic rings. The molecule has 1 aromatic heterocycles. The van der Waals surface area contributed by atoms with Crippen LogP contribution in [0, 0.1) is 13.8 Å². The molecule has 0 spiro atoms. The molecule has 9 heteroatoms. The lowest BCUT2D eigenvalue weighted by molar-refractivity contribution is 0.0978. The fourth-order valence-electron chi connectivity index (χ4n) is 1.94. The fraction of sp³-hybridized carbons (Fsp3) is 0.231. The van der Waals surface area contributed by atoms with Gasteiger partial charge in [0.05, 0.1) is 12.7 Å². The first kappa shape index (κ1) is 16.3. The summed E-state index contributed by atoms with van der Waals surface area (Å²) in [6.45, 7) is 2.91. The Kier molecular flexibility index (Phi) is 4.43. The lowest BCUT2D eigenvalue weighted by Gasteiger charge is -2.10. The van der Waals surface area contributed by atoms with E-state index in [0.29, 0.717) is 0 Å². The second-order valence-corrected chi connectivity index (χ2v) is 6.49. The molecule has 0 aliphatic carbocycles. The SMILES string of the molecule is COc1ccc(Cl)cc1C(=O)NS(=O)(=O)c1c(C)noc1C. The Labute approximate surface area is 132 Å². The van der Waals surface area contributed by atoms with Crippen molar-refractivity contribution in [2.24, 2.45) is 0 Å². The Balaban J connectivity index is 2.39. The van der Waals surface area contributed by atoms with Crippen molar-refractivity contribution in [2.75, 3.05) is 7.11 Å². The van der Waals surface area contributed by atoms with E-state index in [1.54, 1.807) is 0 Å². The van der Waals surface area contributed by atoms with Crippen LogP contribution in [-0.2, 0) is 10.0 Å². The first-order chi connectivity index (χ1) is 10.3. The number of carbonyl (C=O) groups excluding carboxylic acids is 1. The molecule has 1 aromatic carbocycles. The van der Waals surface area contributed by atoms with Gasteiger partial charge in [0.25, 0.3) is 15.9 Å². The number of ether oxygens (including phenoxy) is 1. The number of nitrogens with one attached hydrogen (secondary N) is 1. The van der Waals surface area contributed by atoms with E-state index in [1.165, 1.54) is 39.2 Å².